The highest BCUT2D eigenvalue weighted by Gasteiger charge is 2.16. The lowest BCUT2D eigenvalue weighted by molar-refractivity contribution is 0.789. The van der Waals surface area contributed by atoms with Gasteiger partial charge in [-0.2, -0.15) is 5.26 Å². The summed E-state index contributed by atoms with van der Waals surface area (Å²) in [5.74, 6) is 0. The molecule has 0 unspecified atom stereocenters. The Balaban J connectivity index is 3.38. The van der Waals surface area contributed by atoms with E-state index in [0.29, 0.717) is 12.1 Å². The zero-order valence-electron chi connectivity index (χ0n) is 6.52. The third kappa shape index (κ3) is 1.90. The Bertz CT molecular complexity index is 387. The van der Waals surface area contributed by atoms with Crippen molar-refractivity contribution in [3.05, 3.63) is 31.9 Å². The molecule has 0 aliphatic heterocycles. The average molecular weight is 369 g/mol. The molecule has 0 saturated heterocycles. The second-order valence-electron chi connectivity index (χ2n) is 2.28. The van der Waals surface area contributed by atoms with Gasteiger partial charge in [0, 0.05) is 6.54 Å². The topological polar surface area (TPSA) is 28.7 Å². The fourth-order valence-electron chi connectivity index (χ4n) is 0.918. The molecule has 13 heavy (non-hydrogen) atoms. The standard InChI is InChI=1S/C8H5Br3N2/c1-2-3-13-7(10)5(4-12)6(9)8(13)11/h2H,1,3H2. The number of nitriles is 1. The van der Waals surface area contributed by atoms with Gasteiger partial charge in [-0.1, -0.05) is 6.08 Å². The minimum atomic E-state index is 0.591. The molecule has 68 valence electrons. The van der Waals surface area contributed by atoms with E-state index < -0.39 is 0 Å². The van der Waals surface area contributed by atoms with Gasteiger partial charge in [0.1, 0.15) is 15.3 Å². The Hall–Kier alpha value is -0.0500. The van der Waals surface area contributed by atoms with E-state index in [-0.39, 0.29) is 0 Å². The molecule has 0 saturated carbocycles. The minimum Gasteiger partial charge on any atom is -0.324 e. The van der Waals surface area contributed by atoms with E-state index in [4.69, 9.17) is 5.26 Å². The molecule has 0 amide bonds. The van der Waals surface area contributed by atoms with Crippen LogP contribution in [0.2, 0.25) is 0 Å². The first-order valence-corrected chi connectivity index (χ1v) is 5.75. The summed E-state index contributed by atoms with van der Waals surface area (Å²) in [5, 5.41) is 8.84. The molecular weight excluding hydrogens is 364 g/mol. The highest BCUT2D eigenvalue weighted by Crippen LogP contribution is 2.35. The van der Waals surface area contributed by atoms with Crippen LogP contribution in [0.1, 0.15) is 5.56 Å². The minimum absolute atomic E-state index is 0.591. The molecule has 1 aromatic rings. The summed E-state index contributed by atoms with van der Waals surface area (Å²) in [4.78, 5) is 0. The second-order valence-corrected chi connectivity index (χ2v) is 4.58. The van der Waals surface area contributed by atoms with Crippen molar-refractivity contribution in [1.82, 2.24) is 4.57 Å². The Kier molecular flexibility index (Phi) is 3.77. The highest BCUT2D eigenvalue weighted by molar-refractivity contribution is 9.13. The molecule has 0 fully saturated rings. The summed E-state index contributed by atoms with van der Waals surface area (Å²) in [5.41, 5.74) is 0.591. The maximum Gasteiger partial charge on any atom is 0.105 e. The zero-order chi connectivity index (χ0) is 10.0. The zero-order valence-corrected chi connectivity index (χ0v) is 11.3. The van der Waals surface area contributed by atoms with Crippen molar-refractivity contribution in [3.63, 3.8) is 0 Å². The molecule has 0 aliphatic carbocycles. The van der Waals surface area contributed by atoms with Gasteiger partial charge in [0.15, 0.2) is 0 Å². The van der Waals surface area contributed by atoms with E-state index in [0.717, 1.165) is 13.7 Å². The predicted molar refractivity (Wildman–Crippen MR) is 62.4 cm³/mol. The smallest absolute Gasteiger partial charge is 0.105 e. The normalized spacial score (nSPS) is 9.69. The van der Waals surface area contributed by atoms with Crippen molar-refractivity contribution >= 4 is 47.8 Å². The van der Waals surface area contributed by atoms with Crippen LogP contribution >= 0.6 is 47.8 Å². The lowest BCUT2D eigenvalue weighted by Gasteiger charge is -2.01. The number of hydrogen-bond acceptors (Lipinski definition) is 1. The fraction of sp³-hybridized carbons (Fsp3) is 0.125. The third-order valence-electron chi connectivity index (χ3n) is 1.50. The number of allylic oxidation sites excluding steroid dienone is 1. The van der Waals surface area contributed by atoms with Crippen LogP contribution in [0.25, 0.3) is 0 Å². The quantitative estimate of drug-likeness (QED) is 0.729. The van der Waals surface area contributed by atoms with Gasteiger partial charge in [0.05, 0.1) is 10.0 Å². The molecule has 1 aromatic heterocycles. The van der Waals surface area contributed by atoms with Crippen LogP contribution in [0.3, 0.4) is 0 Å². The second kappa shape index (κ2) is 4.45. The first-order valence-electron chi connectivity index (χ1n) is 3.37. The molecule has 0 spiro atoms. The number of aromatic nitrogens is 1. The Labute approximate surface area is 102 Å². The van der Waals surface area contributed by atoms with Gasteiger partial charge in [0.2, 0.25) is 0 Å². The van der Waals surface area contributed by atoms with Crippen molar-refractivity contribution < 1.29 is 0 Å². The lowest BCUT2D eigenvalue weighted by Crippen LogP contribution is -1.94. The molecular formula is C8H5Br3N2. The largest absolute Gasteiger partial charge is 0.324 e. The van der Waals surface area contributed by atoms with Gasteiger partial charge in [0.25, 0.3) is 0 Å². The third-order valence-corrected chi connectivity index (χ3v) is 4.46. The molecule has 0 bridgehead atoms. The molecule has 1 rings (SSSR count). The number of halogens is 3. The van der Waals surface area contributed by atoms with Crippen molar-refractivity contribution in [2.24, 2.45) is 0 Å². The van der Waals surface area contributed by atoms with Crippen LogP contribution in [0.5, 0.6) is 0 Å². The predicted octanol–water partition coefficient (Wildman–Crippen LogP) is 3.83. The monoisotopic (exact) mass is 366 g/mol. The molecule has 2 nitrogen and oxygen atoms in total. The molecule has 0 N–H and O–H groups in total. The number of rotatable bonds is 2. The first kappa shape index (κ1) is 11.0. The van der Waals surface area contributed by atoms with E-state index in [1.807, 2.05) is 4.57 Å². The molecule has 0 aliphatic rings. The lowest BCUT2D eigenvalue weighted by atomic mass is 10.4. The summed E-state index contributed by atoms with van der Waals surface area (Å²) in [7, 11) is 0. The summed E-state index contributed by atoms with van der Waals surface area (Å²) in [6.45, 7) is 4.30. The summed E-state index contributed by atoms with van der Waals surface area (Å²) in [6, 6.07) is 2.10. The Morgan fingerprint density at radius 1 is 1.38 bits per heavy atom. The van der Waals surface area contributed by atoms with Gasteiger partial charge in [-0.15, -0.1) is 6.58 Å². The maximum atomic E-state index is 8.84. The van der Waals surface area contributed by atoms with Crippen molar-refractivity contribution in [2.45, 2.75) is 6.54 Å². The highest BCUT2D eigenvalue weighted by atomic mass is 79.9. The van der Waals surface area contributed by atoms with Crippen LogP contribution in [-0.2, 0) is 6.54 Å². The average Bonchev–Trinajstić information content (AvgIpc) is 2.31. The molecule has 5 heteroatoms. The molecule has 0 atom stereocenters. The van der Waals surface area contributed by atoms with E-state index in [1.165, 1.54) is 0 Å². The van der Waals surface area contributed by atoms with Crippen LogP contribution in [0.15, 0.2) is 26.3 Å². The van der Waals surface area contributed by atoms with E-state index >= 15 is 0 Å². The van der Waals surface area contributed by atoms with E-state index in [1.54, 1.807) is 6.08 Å². The van der Waals surface area contributed by atoms with Gasteiger partial charge < -0.3 is 4.57 Å². The molecule has 1 heterocycles. The fourth-order valence-corrected chi connectivity index (χ4v) is 3.04. The van der Waals surface area contributed by atoms with Crippen molar-refractivity contribution in [1.29, 1.82) is 5.26 Å². The number of hydrogen-bond donors (Lipinski definition) is 0. The molecule has 0 aromatic carbocycles. The first-order chi connectivity index (χ1) is 6.13. The van der Waals surface area contributed by atoms with Crippen LogP contribution in [-0.4, -0.2) is 4.57 Å². The van der Waals surface area contributed by atoms with Crippen molar-refractivity contribution in [2.75, 3.05) is 0 Å². The van der Waals surface area contributed by atoms with Gasteiger partial charge in [-0.25, -0.2) is 0 Å². The van der Waals surface area contributed by atoms with Crippen molar-refractivity contribution in [3.8, 4) is 6.07 Å². The van der Waals surface area contributed by atoms with E-state index in [9.17, 15) is 0 Å². The molecule has 0 radical (unpaired) electrons. The van der Waals surface area contributed by atoms with Gasteiger partial charge in [-0.3, -0.25) is 0 Å². The van der Waals surface area contributed by atoms with Gasteiger partial charge >= 0.3 is 0 Å². The van der Waals surface area contributed by atoms with Gasteiger partial charge in [-0.05, 0) is 47.8 Å². The Morgan fingerprint density at radius 2 is 2.00 bits per heavy atom. The summed E-state index contributed by atoms with van der Waals surface area (Å²) in [6.07, 6.45) is 1.77. The summed E-state index contributed by atoms with van der Waals surface area (Å²) >= 11 is 10.1. The van der Waals surface area contributed by atoms with Crippen LogP contribution in [0, 0.1) is 11.3 Å². The maximum absolute atomic E-state index is 8.84. The summed E-state index contributed by atoms with van der Waals surface area (Å²) < 4.78 is 4.27. The van der Waals surface area contributed by atoms with E-state index in [2.05, 4.69) is 60.4 Å². The number of nitrogens with zero attached hydrogens (tertiary/aromatic N) is 2. The SMILES string of the molecule is C=CCn1c(Br)c(Br)c(C#N)c1Br. The van der Waals surface area contributed by atoms with Crippen LogP contribution in [0.4, 0.5) is 0 Å². The van der Waals surface area contributed by atoms with Crippen LogP contribution < -0.4 is 0 Å². The Morgan fingerprint density at radius 3 is 2.38 bits per heavy atom.